The molecular formula is C12H14O6S. The van der Waals surface area contributed by atoms with E-state index in [1.807, 2.05) is 0 Å². The highest BCUT2D eigenvalue weighted by atomic mass is 32.2. The van der Waals surface area contributed by atoms with E-state index in [0.717, 1.165) is 7.11 Å². The van der Waals surface area contributed by atoms with Crippen molar-refractivity contribution in [3.63, 3.8) is 0 Å². The molecule has 0 aliphatic heterocycles. The van der Waals surface area contributed by atoms with Crippen LogP contribution in [0.25, 0.3) is 0 Å². The third kappa shape index (κ3) is 4.70. The second-order valence-electron chi connectivity index (χ2n) is 3.80. The van der Waals surface area contributed by atoms with Gasteiger partial charge in [-0.3, -0.25) is 4.79 Å². The molecule has 0 bridgehead atoms. The normalized spacial score (nSPS) is 10.8. The van der Waals surface area contributed by atoms with Gasteiger partial charge in [0.1, 0.15) is 5.75 Å². The fourth-order valence-electron chi connectivity index (χ4n) is 1.40. The van der Waals surface area contributed by atoms with Gasteiger partial charge < -0.3 is 9.47 Å². The maximum absolute atomic E-state index is 11.7. The molecule has 0 atom stereocenters. The van der Waals surface area contributed by atoms with E-state index in [0.29, 0.717) is 11.1 Å². The van der Waals surface area contributed by atoms with E-state index in [4.69, 9.17) is 0 Å². The predicted octanol–water partition coefficient (Wildman–Crippen LogP) is 0.561. The molecule has 0 saturated heterocycles. The molecule has 0 unspecified atom stereocenters. The highest BCUT2D eigenvalue weighted by Gasteiger charge is 2.18. The highest BCUT2D eigenvalue weighted by Crippen LogP contribution is 2.10. The van der Waals surface area contributed by atoms with Gasteiger partial charge in [0.2, 0.25) is 0 Å². The molecule has 1 aromatic rings. The average Bonchev–Trinajstić information content (AvgIpc) is 2.37. The lowest BCUT2D eigenvalue weighted by Crippen LogP contribution is -2.18. The lowest BCUT2D eigenvalue weighted by atomic mass is 10.1. The van der Waals surface area contributed by atoms with E-state index >= 15 is 0 Å². The first-order chi connectivity index (χ1) is 8.88. The van der Waals surface area contributed by atoms with Crippen LogP contribution in [0.2, 0.25) is 0 Å². The summed E-state index contributed by atoms with van der Waals surface area (Å²) in [6, 6.07) is 5.94. The summed E-state index contributed by atoms with van der Waals surface area (Å²) < 4.78 is 32.1. The van der Waals surface area contributed by atoms with Crippen LogP contribution in [-0.4, -0.2) is 40.3 Å². The van der Waals surface area contributed by atoms with Crippen LogP contribution >= 0.6 is 0 Å². The van der Waals surface area contributed by atoms with E-state index in [-0.39, 0.29) is 5.75 Å². The smallest absolute Gasteiger partial charge is 0.337 e. The minimum Gasteiger partial charge on any atom is -0.468 e. The van der Waals surface area contributed by atoms with Gasteiger partial charge in [0, 0.05) is 0 Å². The second-order valence-corrected chi connectivity index (χ2v) is 5.86. The summed E-state index contributed by atoms with van der Waals surface area (Å²) in [5, 5.41) is 0. The summed E-state index contributed by atoms with van der Waals surface area (Å²) in [6.45, 7) is 0. The summed E-state index contributed by atoms with van der Waals surface area (Å²) in [4.78, 5) is 22.1. The molecule has 0 heterocycles. The molecular weight excluding hydrogens is 272 g/mol. The summed E-state index contributed by atoms with van der Waals surface area (Å²) in [5.74, 6) is -2.25. The zero-order valence-electron chi connectivity index (χ0n) is 10.6. The number of rotatable bonds is 5. The number of methoxy groups -OCH3 is 2. The third-order valence-corrected chi connectivity index (χ3v) is 3.78. The van der Waals surface area contributed by atoms with Gasteiger partial charge in [0.25, 0.3) is 0 Å². The Labute approximate surface area is 111 Å². The maximum Gasteiger partial charge on any atom is 0.337 e. The zero-order chi connectivity index (χ0) is 14.5. The van der Waals surface area contributed by atoms with Gasteiger partial charge in [-0.15, -0.1) is 0 Å². The molecule has 0 aliphatic rings. The maximum atomic E-state index is 11.7. The fourth-order valence-corrected chi connectivity index (χ4v) is 2.68. The molecule has 104 valence electrons. The van der Waals surface area contributed by atoms with Gasteiger partial charge in [-0.05, 0) is 17.7 Å². The van der Waals surface area contributed by atoms with Gasteiger partial charge in [0.05, 0.1) is 25.5 Å². The molecule has 0 spiro atoms. The van der Waals surface area contributed by atoms with Crippen LogP contribution in [0.4, 0.5) is 0 Å². The molecule has 1 aromatic carbocycles. The minimum atomic E-state index is -3.58. The Morgan fingerprint density at radius 2 is 1.63 bits per heavy atom. The predicted molar refractivity (Wildman–Crippen MR) is 67.3 cm³/mol. The van der Waals surface area contributed by atoms with Crippen LogP contribution < -0.4 is 0 Å². The Morgan fingerprint density at radius 3 is 2.11 bits per heavy atom. The number of esters is 2. The number of carbonyl (C=O) groups is 2. The van der Waals surface area contributed by atoms with Crippen molar-refractivity contribution in [2.45, 2.75) is 5.75 Å². The van der Waals surface area contributed by atoms with Crippen molar-refractivity contribution in [2.75, 3.05) is 20.0 Å². The molecule has 1 rings (SSSR count). The highest BCUT2D eigenvalue weighted by molar-refractivity contribution is 7.91. The molecule has 0 amide bonds. The Kier molecular flexibility index (Phi) is 5.05. The van der Waals surface area contributed by atoms with E-state index < -0.39 is 27.5 Å². The van der Waals surface area contributed by atoms with Crippen molar-refractivity contribution in [3.8, 4) is 0 Å². The summed E-state index contributed by atoms with van der Waals surface area (Å²) >= 11 is 0. The van der Waals surface area contributed by atoms with Crippen molar-refractivity contribution in [1.82, 2.24) is 0 Å². The van der Waals surface area contributed by atoms with E-state index in [9.17, 15) is 18.0 Å². The molecule has 0 aromatic heterocycles. The van der Waals surface area contributed by atoms with Gasteiger partial charge >= 0.3 is 11.9 Å². The van der Waals surface area contributed by atoms with Crippen LogP contribution in [0.1, 0.15) is 15.9 Å². The van der Waals surface area contributed by atoms with Gasteiger partial charge in [0.15, 0.2) is 9.84 Å². The number of sulfone groups is 1. The van der Waals surface area contributed by atoms with Crippen LogP contribution in [-0.2, 0) is 29.9 Å². The third-order valence-electron chi connectivity index (χ3n) is 2.33. The van der Waals surface area contributed by atoms with Gasteiger partial charge in [-0.2, -0.15) is 0 Å². The van der Waals surface area contributed by atoms with Crippen molar-refractivity contribution in [3.05, 3.63) is 35.4 Å². The molecule has 0 N–H and O–H groups in total. The minimum absolute atomic E-state index is 0.288. The summed E-state index contributed by atoms with van der Waals surface area (Å²) in [5.41, 5.74) is 0.813. The summed E-state index contributed by atoms with van der Waals surface area (Å²) in [6.07, 6.45) is 0. The average molecular weight is 286 g/mol. The van der Waals surface area contributed by atoms with Crippen molar-refractivity contribution < 1.29 is 27.5 Å². The molecule has 19 heavy (non-hydrogen) atoms. The Bertz CT molecular complexity index is 558. The quantitative estimate of drug-likeness (QED) is 0.735. The molecule has 7 heteroatoms. The first-order valence-electron chi connectivity index (χ1n) is 5.32. The van der Waals surface area contributed by atoms with Crippen LogP contribution in [0.15, 0.2) is 24.3 Å². The zero-order valence-corrected chi connectivity index (χ0v) is 11.4. The number of hydrogen-bond acceptors (Lipinski definition) is 6. The van der Waals surface area contributed by atoms with Crippen molar-refractivity contribution in [2.24, 2.45) is 0 Å². The van der Waals surface area contributed by atoms with Crippen LogP contribution in [0.5, 0.6) is 0 Å². The first-order valence-corrected chi connectivity index (χ1v) is 7.14. The standard InChI is InChI=1S/C12H14O6S/c1-17-11(13)8-19(15,16)7-9-3-5-10(6-4-9)12(14)18-2/h3-6H,7-8H2,1-2H3. The van der Waals surface area contributed by atoms with E-state index in [1.54, 1.807) is 0 Å². The lowest BCUT2D eigenvalue weighted by Gasteiger charge is -2.04. The first kappa shape index (κ1) is 15.2. The molecule has 0 saturated carbocycles. The van der Waals surface area contributed by atoms with E-state index in [2.05, 4.69) is 9.47 Å². The Morgan fingerprint density at radius 1 is 1.05 bits per heavy atom. The van der Waals surface area contributed by atoms with Gasteiger partial charge in [-0.1, -0.05) is 12.1 Å². The van der Waals surface area contributed by atoms with Gasteiger partial charge in [-0.25, -0.2) is 13.2 Å². The van der Waals surface area contributed by atoms with E-state index in [1.165, 1.54) is 31.4 Å². The van der Waals surface area contributed by atoms with Crippen LogP contribution in [0, 0.1) is 0 Å². The largest absolute Gasteiger partial charge is 0.468 e. The number of carbonyl (C=O) groups excluding carboxylic acids is 2. The molecule has 0 aliphatic carbocycles. The lowest BCUT2D eigenvalue weighted by molar-refractivity contribution is -0.137. The molecule has 6 nitrogen and oxygen atoms in total. The monoisotopic (exact) mass is 286 g/mol. The number of benzene rings is 1. The Balaban J connectivity index is 2.78. The number of hydrogen-bond donors (Lipinski definition) is 0. The summed E-state index contributed by atoms with van der Waals surface area (Å²) in [7, 11) is -1.19. The van der Waals surface area contributed by atoms with Crippen molar-refractivity contribution in [1.29, 1.82) is 0 Å². The molecule has 0 fully saturated rings. The topological polar surface area (TPSA) is 86.7 Å². The van der Waals surface area contributed by atoms with Crippen molar-refractivity contribution >= 4 is 21.8 Å². The number of ether oxygens (including phenoxy) is 2. The molecule has 0 radical (unpaired) electrons. The second kappa shape index (κ2) is 6.33. The van der Waals surface area contributed by atoms with Crippen LogP contribution in [0.3, 0.4) is 0 Å². The fraction of sp³-hybridized carbons (Fsp3) is 0.333. The Hall–Kier alpha value is -1.89. The SMILES string of the molecule is COC(=O)CS(=O)(=O)Cc1ccc(C(=O)OC)cc1.